The average molecular weight is 939 g/mol. The third-order valence-electron chi connectivity index (χ3n) is 11.9. The molecule has 65 heavy (non-hydrogen) atoms. The molecule has 2 atom stereocenters. The lowest BCUT2D eigenvalue weighted by molar-refractivity contribution is -0.870. The Balaban J connectivity index is 4.21. The molecule has 2 unspecified atom stereocenters. The van der Waals surface area contributed by atoms with E-state index in [1.807, 2.05) is 21.1 Å². The summed E-state index contributed by atoms with van der Waals surface area (Å²) in [5.74, 6) is -0.797. The number of unbranched alkanes of at least 4 members (excludes halogenated alkanes) is 30. The molecule has 10 heteroatoms. The molecule has 0 aromatic rings. The summed E-state index contributed by atoms with van der Waals surface area (Å²) in [5.41, 5.74) is 0. The minimum absolute atomic E-state index is 0.0312. The molecule has 0 saturated carbocycles. The fourth-order valence-electron chi connectivity index (χ4n) is 7.63. The molecule has 0 aliphatic carbocycles. The molecule has 0 saturated heterocycles. The Morgan fingerprint density at radius 3 is 1.23 bits per heavy atom. The molecule has 0 aliphatic heterocycles. The first-order valence-corrected chi connectivity index (χ1v) is 28.7. The van der Waals surface area contributed by atoms with Crippen LogP contribution in [0, 0.1) is 0 Å². The summed E-state index contributed by atoms with van der Waals surface area (Å²) in [6.07, 6.45) is 56.2. The topological polar surface area (TPSA) is 108 Å². The molecule has 0 aliphatic rings. The van der Waals surface area contributed by atoms with Crippen molar-refractivity contribution in [3.8, 4) is 0 Å². The highest BCUT2D eigenvalue weighted by molar-refractivity contribution is 7.47. The van der Waals surface area contributed by atoms with E-state index in [-0.39, 0.29) is 32.0 Å². The van der Waals surface area contributed by atoms with Crippen molar-refractivity contribution in [2.45, 2.75) is 258 Å². The Morgan fingerprint density at radius 1 is 0.477 bits per heavy atom. The van der Waals surface area contributed by atoms with Crippen LogP contribution in [0.2, 0.25) is 0 Å². The van der Waals surface area contributed by atoms with Crippen LogP contribution >= 0.6 is 7.82 Å². The zero-order chi connectivity index (χ0) is 47.8. The van der Waals surface area contributed by atoms with E-state index in [0.29, 0.717) is 17.4 Å². The second kappa shape index (κ2) is 47.3. The van der Waals surface area contributed by atoms with Crippen LogP contribution in [-0.4, -0.2) is 74.9 Å². The number of hydrogen-bond acceptors (Lipinski definition) is 7. The summed E-state index contributed by atoms with van der Waals surface area (Å²) in [7, 11) is 1.48. The van der Waals surface area contributed by atoms with Crippen molar-refractivity contribution in [3.63, 3.8) is 0 Å². The molecule has 0 bridgehead atoms. The Bertz CT molecular complexity index is 1200. The van der Waals surface area contributed by atoms with Crippen LogP contribution in [-0.2, 0) is 32.7 Å². The Morgan fingerprint density at radius 2 is 0.831 bits per heavy atom. The molecule has 0 heterocycles. The third-order valence-corrected chi connectivity index (χ3v) is 12.9. The Kier molecular flexibility index (Phi) is 46.0. The summed E-state index contributed by atoms with van der Waals surface area (Å²) in [5, 5.41) is 0. The second-order valence-electron chi connectivity index (χ2n) is 19.6. The van der Waals surface area contributed by atoms with Gasteiger partial charge in [0, 0.05) is 12.8 Å². The number of phosphoric ester groups is 1. The van der Waals surface area contributed by atoms with E-state index in [1.54, 1.807) is 0 Å². The van der Waals surface area contributed by atoms with E-state index >= 15 is 0 Å². The zero-order valence-corrected chi connectivity index (χ0v) is 44.1. The van der Waals surface area contributed by atoms with Crippen molar-refractivity contribution in [1.82, 2.24) is 0 Å². The number of phosphoric acid groups is 1. The lowest BCUT2D eigenvalue weighted by atomic mass is 10.0. The predicted octanol–water partition coefficient (Wildman–Crippen LogP) is 16.4. The maximum Gasteiger partial charge on any atom is 0.472 e. The van der Waals surface area contributed by atoms with Crippen molar-refractivity contribution in [1.29, 1.82) is 0 Å². The van der Waals surface area contributed by atoms with Gasteiger partial charge in [0.25, 0.3) is 0 Å². The number of likely N-dealkylation sites (N-methyl/N-ethyl adjacent to an activating group) is 1. The van der Waals surface area contributed by atoms with Gasteiger partial charge in [0.1, 0.15) is 19.8 Å². The van der Waals surface area contributed by atoms with E-state index in [0.717, 1.165) is 44.9 Å². The maximum absolute atomic E-state index is 12.8. The van der Waals surface area contributed by atoms with Crippen LogP contribution in [0.15, 0.2) is 36.5 Å². The first kappa shape index (κ1) is 63.2. The number of carbonyl (C=O) groups is 2. The quantitative estimate of drug-likeness (QED) is 0.0211. The molecule has 9 nitrogen and oxygen atoms in total. The summed E-state index contributed by atoms with van der Waals surface area (Å²) < 4.78 is 34.5. The molecule has 0 radical (unpaired) electrons. The van der Waals surface area contributed by atoms with Crippen LogP contribution < -0.4 is 0 Å². The lowest BCUT2D eigenvalue weighted by Gasteiger charge is -2.24. The third kappa shape index (κ3) is 51.5. The number of quaternary nitrogens is 1. The van der Waals surface area contributed by atoms with Gasteiger partial charge in [0.2, 0.25) is 0 Å². The number of ether oxygens (including phenoxy) is 2. The second-order valence-corrected chi connectivity index (χ2v) is 21.1. The van der Waals surface area contributed by atoms with Gasteiger partial charge in [-0.1, -0.05) is 204 Å². The van der Waals surface area contributed by atoms with Crippen LogP contribution in [0.25, 0.3) is 0 Å². The molecular formula is C55H105NO8P+. The summed E-state index contributed by atoms with van der Waals surface area (Å²) >= 11 is 0. The summed E-state index contributed by atoms with van der Waals surface area (Å²) in [6.45, 7) is 4.44. The number of esters is 2. The van der Waals surface area contributed by atoms with Crippen LogP contribution in [0.3, 0.4) is 0 Å². The van der Waals surface area contributed by atoms with E-state index in [4.69, 9.17) is 18.5 Å². The Hall–Kier alpha value is -1.77. The Labute approximate surface area is 401 Å². The van der Waals surface area contributed by atoms with Gasteiger partial charge in [0.05, 0.1) is 27.7 Å². The van der Waals surface area contributed by atoms with Gasteiger partial charge in [-0.05, 0) is 70.6 Å². The fourth-order valence-corrected chi connectivity index (χ4v) is 8.37. The van der Waals surface area contributed by atoms with E-state index in [1.165, 1.54) is 173 Å². The highest BCUT2D eigenvalue weighted by Gasteiger charge is 2.27. The van der Waals surface area contributed by atoms with E-state index in [9.17, 15) is 19.0 Å². The molecule has 0 amide bonds. The number of nitrogens with zero attached hydrogens (tertiary/aromatic N) is 1. The van der Waals surface area contributed by atoms with Crippen molar-refractivity contribution >= 4 is 19.8 Å². The summed E-state index contributed by atoms with van der Waals surface area (Å²) in [4.78, 5) is 35.6. The molecule has 0 spiro atoms. The van der Waals surface area contributed by atoms with Crippen molar-refractivity contribution < 1.29 is 42.1 Å². The normalized spacial score (nSPS) is 13.6. The van der Waals surface area contributed by atoms with Crippen LogP contribution in [0.4, 0.5) is 0 Å². The first-order chi connectivity index (χ1) is 31.5. The SMILES string of the molecule is CCCCCCC/C=C\C/C=C\CCCCCCCCCCCCCC(=O)OC(COC(=O)CCCCCCCCC/C=C\CCCCCCCCC)COP(=O)(O)OCC[N+](C)(C)C. The number of hydrogen-bond donors (Lipinski definition) is 1. The number of rotatable bonds is 50. The van der Waals surface area contributed by atoms with Crippen molar-refractivity contribution in [3.05, 3.63) is 36.5 Å². The molecular weight excluding hydrogens is 834 g/mol. The van der Waals surface area contributed by atoms with Crippen LogP contribution in [0.1, 0.15) is 251 Å². The molecule has 1 N–H and O–H groups in total. The summed E-state index contributed by atoms with van der Waals surface area (Å²) in [6, 6.07) is 0. The molecule has 0 fully saturated rings. The number of allylic oxidation sites excluding steroid dienone is 6. The highest BCUT2D eigenvalue weighted by atomic mass is 31.2. The average Bonchev–Trinajstić information content (AvgIpc) is 3.26. The lowest BCUT2D eigenvalue weighted by Crippen LogP contribution is -2.37. The van der Waals surface area contributed by atoms with Gasteiger partial charge in [0.15, 0.2) is 6.10 Å². The van der Waals surface area contributed by atoms with Gasteiger partial charge >= 0.3 is 19.8 Å². The highest BCUT2D eigenvalue weighted by Crippen LogP contribution is 2.43. The molecule has 382 valence electrons. The number of carbonyl (C=O) groups excluding carboxylic acids is 2. The standard InChI is InChI=1S/C55H104NO8P/c1-6-8-10-12-14-16-18-20-22-24-26-27-28-29-30-32-34-36-38-40-42-44-46-48-55(58)64-53(52-63-65(59,60)62-50-49-56(3,4)5)51-61-54(57)47-45-43-41-39-37-35-33-31-25-23-21-19-17-15-13-11-9-7-2/h18,20,23-26,53H,6-17,19,21-22,27-52H2,1-5H3/p+1/b20-18-,25-23-,26-24-. The zero-order valence-electron chi connectivity index (χ0n) is 43.2. The van der Waals surface area contributed by atoms with Gasteiger partial charge in [-0.25, -0.2) is 4.57 Å². The molecule has 0 rings (SSSR count). The minimum Gasteiger partial charge on any atom is -0.462 e. The van der Waals surface area contributed by atoms with Crippen molar-refractivity contribution in [2.75, 3.05) is 47.5 Å². The van der Waals surface area contributed by atoms with Crippen molar-refractivity contribution in [2.24, 2.45) is 0 Å². The largest absolute Gasteiger partial charge is 0.472 e. The first-order valence-electron chi connectivity index (χ1n) is 27.2. The molecule has 0 aromatic heterocycles. The minimum atomic E-state index is -4.38. The fraction of sp³-hybridized carbons (Fsp3) is 0.855. The predicted molar refractivity (Wildman–Crippen MR) is 275 cm³/mol. The monoisotopic (exact) mass is 939 g/mol. The van der Waals surface area contributed by atoms with Crippen LogP contribution in [0.5, 0.6) is 0 Å². The van der Waals surface area contributed by atoms with Gasteiger partial charge in [-0.15, -0.1) is 0 Å². The maximum atomic E-state index is 12.8. The van der Waals surface area contributed by atoms with Gasteiger partial charge in [-0.2, -0.15) is 0 Å². The molecule has 0 aromatic carbocycles. The van der Waals surface area contributed by atoms with Gasteiger partial charge < -0.3 is 18.9 Å². The smallest absolute Gasteiger partial charge is 0.462 e. The van der Waals surface area contributed by atoms with E-state index in [2.05, 4.69) is 50.3 Å². The van der Waals surface area contributed by atoms with E-state index < -0.39 is 26.5 Å². The van der Waals surface area contributed by atoms with Gasteiger partial charge in [-0.3, -0.25) is 18.6 Å².